The van der Waals surface area contributed by atoms with Crippen molar-refractivity contribution in [3.05, 3.63) is 42.0 Å². The Balaban J connectivity index is 2.02. The Morgan fingerprint density at radius 2 is 1.78 bits per heavy atom. The van der Waals surface area contributed by atoms with Gasteiger partial charge in [-0.2, -0.15) is 0 Å². The van der Waals surface area contributed by atoms with Crippen LogP contribution >= 0.6 is 0 Å². The van der Waals surface area contributed by atoms with E-state index in [1.165, 1.54) is 6.26 Å². The molecule has 5 nitrogen and oxygen atoms in total. The molecule has 0 atom stereocenters. The van der Waals surface area contributed by atoms with Gasteiger partial charge < -0.3 is 8.83 Å². The zero-order valence-corrected chi connectivity index (χ0v) is 10.0. The second-order valence-corrected chi connectivity index (χ2v) is 3.98. The molecule has 3 rings (SSSR count). The van der Waals surface area contributed by atoms with Gasteiger partial charge >= 0.3 is 0 Å². The highest BCUT2D eigenvalue weighted by Gasteiger charge is 2.14. The molecule has 0 aliphatic rings. The molecule has 2 heterocycles. The van der Waals surface area contributed by atoms with Crippen LogP contribution in [-0.2, 0) is 0 Å². The number of rotatable bonds is 2. The molecule has 0 fully saturated rings. The van der Waals surface area contributed by atoms with E-state index in [0.29, 0.717) is 23.4 Å². The van der Waals surface area contributed by atoms with E-state index >= 15 is 0 Å². The van der Waals surface area contributed by atoms with Crippen LogP contribution in [0.15, 0.2) is 39.4 Å². The predicted molar refractivity (Wildman–Crippen MR) is 64.7 cm³/mol. The van der Waals surface area contributed by atoms with E-state index in [1.807, 2.05) is 31.2 Å². The second kappa shape index (κ2) is 4.10. The maximum atomic E-state index is 5.61. The summed E-state index contributed by atoms with van der Waals surface area (Å²) in [5, 5.41) is 8.01. The van der Waals surface area contributed by atoms with E-state index in [9.17, 15) is 0 Å². The van der Waals surface area contributed by atoms with Crippen LogP contribution in [0.1, 0.15) is 11.5 Å². The van der Waals surface area contributed by atoms with Crippen molar-refractivity contribution in [3.8, 4) is 23.0 Å². The van der Waals surface area contributed by atoms with Gasteiger partial charge in [-0.3, -0.25) is 0 Å². The van der Waals surface area contributed by atoms with Crippen molar-refractivity contribution < 1.29 is 8.83 Å². The molecule has 18 heavy (non-hydrogen) atoms. The predicted octanol–water partition coefficient (Wildman–Crippen LogP) is 3.01. The van der Waals surface area contributed by atoms with Gasteiger partial charge in [0.2, 0.25) is 5.89 Å². The average molecular weight is 241 g/mol. The molecule has 1 aromatic carbocycles. The topological polar surface area (TPSA) is 65.0 Å². The fourth-order valence-corrected chi connectivity index (χ4v) is 1.71. The summed E-state index contributed by atoms with van der Waals surface area (Å²) < 4.78 is 10.7. The first-order valence-corrected chi connectivity index (χ1v) is 5.56. The summed E-state index contributed by atoms with van der Waals surface area (Å²) in [4.78, 5) is 4.15. The van der Waals surface area contributed by atoms with E-state index in [1.54, 1.807) is 6.92 Å². The minimum Gasteiger partial charge on any atom is -0.448 e. The maximum Gasteiger partial charge on any atom is 0.269 e. The lowest BCUT2D eigenvalue weighted by molar-refractivity contribution is 0.521. The molecule has 3 aromatic rings. The molecule has 0 N–H and O–H groups in total. The monoisotopic (exact) mass is 241 g/mol. The lowest BCUT2D eigenvalue weighted by atomic mass is 10.1. The van der Waals surface area contributed by atoms with Crippen molar-refractivity contribution in [1.29, 1.82) is 0 Å². The molecule has 0 saturated heterocycles. The Morgan fingerprint density at radius 3 is 2.50 bits per heavy atom. The molecule has 0 aliphatic heterocycles. The molecule has 0 radical (unpaired) electrons. The van der Waals surface area contributed by atoms with Gasteiger partial charge in [-0.1, -0.05) is 18.2 Å². The molecule has 0 amide bonds. The summed E-state index contributed by atoms with van der Waals surface area (Å²) in [7, 11) is 0. The van der Waals surface area contributed by atoms with Gasteiger partial charge in [0.1, 0.15) is 6.26 Å². The molecule has 5 heteroatoms. The number of aryl methyl sites for hydroxylation is 2. The van der Waals surface area contributed by atoms with Crippen molar-refractivity contribution in [3.63, 3.8) is 0 Å². The summed E-state index contributed by atoms with van der Waals surface area (Å²) in [5.41, 5.74) is 2.57. The molecular weight excluding hydrogens is 230 g/mol. The average Bonchev–Trinajstić information content (AvgIpc) is 2.98. The molecule has 90 valence electrons. The van der Waals surface area contributed by atoms with Gasteiger partial charge in [0.05, 0.1) is 0 Å². The summed E-state index contributed by atoms with van der Waals surface area (Å²) in [6.07, 6.45) is 1.50. The highest BCUT2D eigenvalue weighted by atomic mass is 16.4. The van der Waals surface area contributed by atoms with Crippen molar-refractivity contribution in [2.75, 3.05) is 0 Å². The summed E-state index contributed by atoms with van der Waals surface area (Å²) in [5.74, 6) is 1.43. The molecule has 0 saturated carbocycles. The normalized spacial score (nSPS) is 10.8. The highest BCUT2D eigenvalue weighted by molar-refractivity contribution is 5.59. The lowest BCUT2D eigenvalue weighted by Crippen LogP contribution is -1.81. The van der Waals surface area contributed by atoms with Crippen LogP contribution in [0.3, 0.4) is 0 Å². The summed E-state index contributed by atoms with van der Waals surface area (Å²) in [6, 6.07) is 7.85. The number of nitrogens with zero attached hydrogens (tertiary/aromatic N) is 3. The molecule has 2 aromatic heterocycles. The molecule has 0 unspecified atom stereocenters. The quantitative estimate of drug-likeness (QED) is 0.690. The van der Waals surface area contributed by atoms with Gasteiger partial charge in [-0.05, 0) is 18.6 Å². The first-order valence-electron chi connectivity index (χ1n) is 5.56. The molecular formula is C13H11N3O2. The fraction of sp³-hybridized carbons (Fsp3) is 0.154. The van der Waals surface area contributed by atoms with Gasteiger partial charge in [-0.15, -0.1) is 10.2 Å². The summed E-state index contributed by atoms with van der Waals surface area (Å²) in [6.45, 7) is 3.77. The fourth-order valence-electron chi connectivity index (χ4n) is 1.71. The van der Waals surface area contributed by atoms with Crippen molar-refractivity contribution in [1.82, 2.24) is 15.2 Å². The van der Waals surface area contributed by atoms with Crippen LogP contribution in [0.5, 0.6) is 0 Å². The smallest absolute Gasteiger partial charge is 0.269 e. The third-order valence-corrected chi connectivity index (χ3v) is 2.64. The standard InChI is InChI=1S/C13H11N3O2/c1-8-5-3-4-6-10(8)12-15-16-13(18-12)11-7-17-9(2)14-11/h3-7H,1-2H3. The summed E-state index contributed by atoms with van der Waals surface area (Å²) >= 11 is 0. The molecule has 0 spiro atoms. The van der Waals surface area contributed by atoms with Crippen LogP contribution < -0.4 is 0 Å². The van der Waals surface area contributed by atoms with Crippen LogP contribution in [0.2, 0.25) is 0 Å². The van der Waals surface area contributed by atoms with Crippen LogP contribution in [0.4, 0.5) is 0 Å². The third kappa shape index (κ3) is 1.79. The van der Waals surface area contributed by atoms with Crippen LogP contribution in [-0.4, -0.2) is 15.2 Å². The van der Waals surface area contributed by atoms with E-state index in [-0.39, 0.29) is 0 Å². The number of hydrogen-bond donors (Lipinski definition) is 0. The SMILES string of the molecule is Cc1nc(-c2nnc(-c3ccccc3C)o2)co1. The number of aromatic nitrogens is 3. The first-order chi connectivity index (χ1) is 8.74. The zero-order valence-electron chi connectivity index (χ0n) is 10.0. The minimum atomic E-state index is 0.366. The van der Waals surface area contributed by atoms with Crippen LogP contribution in [0.25, 0.3) is 23.0 Å². The van der Waals surface area contributed by atoms with E-state index in [0.717, 1.165) is 11.1 Å². The molecule has 0 aliphatic carbocycles. The van der Waals surface area contributed by atoms with Gasteiger partial charge in [0.25, 0.3) is 5.89 Å². The van der Waals surface area contributed by atoms with E-state index in [2.05, 4.69) is 15.2 Å². The maximum absolute atomic E-state index is 5.61. The van der Waals surface area contributed by atoms with E-state index in [4.69, 9.17) is 8.83 Å². The Morgan fingerprint density at radius 1 is 1.00 bits per heavy atom. The van der Waals surface area contributed by atoms with Crippen LogP contribution in [0, 0.1) is 13.8 Å². The minimum absolute atomic E-state index is 0.366. The Hall–Kier alpha value is -2.43. The van der Waals surface area contributed by atoms with E-state index < -0.39 is 0 Å². The Kier molecular flexibility index (Phi) is 2.44. The number of hydrogen-bond acceptors (Lipinski definition) is 5. The Labute approximate surface area is 103 Å². The van der Waals surface area contributed by atoms with Crippen molar-refractivity contribution in [2.24, 2.45) is 0 Å². The zero-order chi connectivity index (χ0) is 12.5. The van der Waals surface area contributed by atoms with Gasteiger partial charge in [0, 0.05) is 12.5 Å². The van der Waals surface area contributed by atoms with Gasteiger partial charge in [-0.25, -0.2) is 4.98 Å². The van der Waals surface area contributed by atoms with Crippen molar-refractivity contribution >= 4 is 0 Å². The second-order valence-electron chi connectivity index (χ2n) is 3.98. The molecule has 0 bridgehead atoms. The van der Waals surface area contributed by atoms with Crippen molar-refractivity contribution in [2.45, 2.75) is 13.8 Å². The Bertz CT molecular complexity index is 685. The highest BCUT2D eigenvalue weighted by Crippen LogP contribution is 2.25. The lowest BCUT2D eigenvalue weighted by Gasteiger charge is -1.98. The number of benzene rings is 1. The van der Waals surface area contributed by atoms with Gasteiger partial charge in [0.15, 0.2) is 11.6 Å². The first kappa shape index (κ1) is 10.7. The largest absolute Gasteiger partial charge is 0.448 e. The third-order valence-electron chi connectivity index (χ3n) is 2.64. The number of oxazole rings is 1.